The lowest BCUT2D eigenvalue weighted by atomic mass is 9.54. The molecule has 4 N–H and O–H groups in total. The van der Waals surface area contributed by atoms with Gasteiger partial charge in [0.1, 0.15) is 0 Å². The van der Waals surface area contributed by atoms with Gasteiger partial charge in [-0.1, -0.05) is 0 Å². The number of carbonyl (C=O) groups excluding carboxylic acids is 2. The predicted molar refractivity (Wildman–Crippen MR) is 97.3 cm³/mol. The number of nitrogens with one attached hydrogen (secondary N) is 2. The molecule has 1 heterocycles. The standard InChI is InChI=1S/C19H26F2N4O4/c20-19(21,18(27)23-2-1-22)9-28-15-8-14(29-25-15)17(26)24-16-12-4-10-3-11(6-12)7-13(16)5-10/h8,10-13,16H,1-7,9,22H2,(H,23,27)(H,24,26). The molecule has 5 rings (SSSR count). The molecule has 10 heteroatoms. The van der Waals surface area contributed by atoms with Crippen molar-refractivity contribution in [2.45, 2.75) is 44.1 Å². The van der Waals surface area contributed by atoms with Crippen molar-refractivity contribution < 1.29 is 27.6 Å². The first-order valence-electron chi connectivity index (χ1n) is 10.1. The highest BCUT2D eigenvalue weighted by Crippen LogP contribution is 2.53. The van der Waals surface area contributed by atoms with Gasteiger partial charge >= 0.3 is 5.92 Å². The Morgan fingerprint density at radius 3 is 2.48 bits per heavy atom. The van der Waals surface area contributed by atoms with E-state index in [4.69, 9.17) is 15.0 Å². The normalized spacial score (nSPS) is 30.2. The number of carbonyl (C=O) groups is 2. The highest BCUT2D eigenvalue weighted by molar-refractivity contribution is 5.91. The number of hydrogen-bond acceptors (Lipinski definition) is 6. The van der Waals surface area contributed by atoms with Gasteiger partial charge in [0.25, 0.3) is 17.7 Å². The second-order valence-corrected chi connectivity index (χ2v) is 8.50. The summed E-state index contributed by atoms with van der Waals surface area (Å²) in [5.41, 5.74) is 5.17. The lowest BCUT2D eigenvalue weighted by molar-refractivity contribution is -0.149. The average Bonchev–Trinajstić information content (AvgIpc) is 3.16. The molecule has 0 aliphatic heterocycles. The van der Waals surface area contributed by atoms with Gasteiger partial charge in [-0.05, 0) is 60.9 Å². The molecule has 4 aliphatic rings. The number of rotatable bonds is 8. The van der Waals surface area contributed by atoms with Crippen molar-refractivity contribution in [2.24, 2.45) is 29.4 Å². The summed E-state index contributed by atoms with van der Waals surface area (Å²) in [7, 11) is 0. The molecule has 0 atom stereocenters. The van der Waals surface area contributed by atoms with E-state index >= 15 is 0 Å². The van der Waals surface area contributed by atoms with Gasteiger partial charge < -0.3 is 25.6 Å². The van der Waals surface area contributed by atoms with Crippen molar-refractivity contribution in [2.75, 3.05) is 19.7 Å². The van der Waals surface area contributed by atoms with Crippen molar-refractivity contribution in [3.05, 3.63) is 11.8 Å². The molecule has 2 amide bonds. The summed E-state index contributed by atoms with van der Waals surface area (Å²) in [6.07, 6.45) is 5.95. The first-order valence-corrected chi connectivity index (χ1v) is 10.1. The molecule has 0 saturated heterocycles. The molecule has 0 spiro atoms. The second kappa shape index (κ2) is 7.89. The molecule has 0 unspecified atom stereocenters. The van der Waals surface area contributed by atoms with E-state index < -0.39 is 24.3 Å². The van der Waals surface area contributed by atoms with E-state index in [0.717, 1.165) is 37.5 Å². The van der Waals surface area contributed by atoms with Crippen LogP contribution in [0.2, 0.25) is 0 Å². The maximum absolute atomic E-state index is 13.8. The van der Waals surface area contributed by atoms with Gasteiger partial charge in [0.05, 0.1) is 6.07 Å². The first kappa shape index (κ1) is 20.1. The molecule has 4 fully saturated rings. The zero-order valence-corrected chi connectivity index (χ0v) is 16.0. The number of amides is 2. The van der Waals surface area contributed by atoms with Gasteiger partial charge in [0, 0.05) is 19.1 Å². The van der Waals surface area contributed by atoms with E-state index in [0.29, 0.717) is 11.8 Å². The number of ether oxygens (including phenoxy) is 1. The molecule has 4 aliphatic carbocycles. The summed E-state index contributed by atoms with van der Waals surface area (Å²) in [4.78, 5) is 23.9. The van der Waals surface area contributed by atoms with E-state index in [1.807, 2.05) is 5.32 Å². The summed E-state index contributed by atoms with van der Waals surface area (Å²) in [6.45, 7) is -1.23. The van der Waals surface area contributed by atoms with Gasteiger partial charge in [-0.3, -0.25) is 9.59 Å². The Morgan fingerprint density at radius 2 is 1.86 bits per heavy atom. The summed E-state index contributed by atoms with van der Waals surface area (Å²) >= 11 is 0. The Labute approximate surface area is 166 Å². The molecule has 0 radical (unpaired) electrons. The maximum atomic E-state index is 13.8. The molecule has 8 nitrogen and oxygen atoms in total. The fraction of sp³-hybridized carbons (Fsp3) is 0.737. The maximum Gasteiger partial charge on any atom is 0.357 e. The van der Waals surface area contributed by atoms with Crippen LogP contribution >= 0.6 is 0 Å². The minimum absolute atomic E-state index is 0.0501. The summed E-state index contributed by atoms with van der Waals surface area (Å²) in [6, 6.07) is 1.29. The molecule has 4 saturated carbocycles. The van der Waals surface area contributed by atoms with Crippen LogP contribution in [-0.4, -0.2) is 48.6 Å². The monoisotopic (exact) mass is 412 g/mol. The van der Waals surface area contributed by atoms with Crippen LogP contribution in [-0.2, 0) is 4.79 Å². The molecule has 0 aromatic carbocycles. The van der Waals surface area contributed by atoms with E-state index in [-0.39, 0.29) is 30.8 Å². The number of aromatic nitrogens is 1. The fourth-order valence-corrected chi connectivity index (χ4v) is 5.36. The van der Waals surface area contributed by atoms with E-state index in [9.17, 15) is 18.4 Å². The Hall–Kier alpha value is -2.23. The third-order valence-electron chi connectivity index (χ3n) is 6.40. The highest BCUT2D eigenvalue weighted by Gasteiger charge is 2.48. The van der Waals surface area contributed by atoms with Gasteiger partial charge in [-0.25, -0.2) is 0 Å². The average molecular weight is 412 g/mol. The van der Waals surface area contributed by atoms with Crippen molar-refractivity contribution in [1.82, 2.24) is 15.8 Å². The van der Waals surface area contributed by atoms with Gasteiger partial charge in [-0.15, -0.1) is 0 Å². The molecule has 1 aromatic heterocycles. The Balaban J connectivity index is 1.31. The number of alkyl halides is 2. The fourth-order valence-electron chi connectivity index (χ4n) is 5.36. The van der Waals surface area contributed by atoms with Crippen molar-refractivity contribution in [3.63, 3.8) is 0 Å². The van der Waals surface area contributed by atoms with E-state index in [1.54, 1.807) is 0 Å². The van der Waals surface area contributed by atoms with Crippen molar-refractivity contribution in [3.8, 4) is 5.88 Å². The van der Waals surface area contributed by atoms with Crippen LogP contribution in [0.3, 0.4) is 0 Å². The summed E-state index contributed by atoms with van der Waals surface area (Å²) in [5.74, 6) is -3.44. The minimum atomic E-state index is -3.75. The molecular weight excluding hydrogens is 386 g/mol. The number of hydrogen-bond donors (Lipinski definition) is 3. The quantitative estimate of drug-likeness (QED) is 0.592. The Bertz CT molecular complexity index is 741. The number of nitrogens with two attached hydrogens (primary N) is 1. The van der Waals surface area contributed by atoms with Crippen molar-refractivity contribution >= 4 is 11.8 Å². The van der Waals surface area contributed by atoms with Crippen LogP contribution in [0.15, 0.2) is 10.6 Å². The zero-order valence-electron chi connectivity index (χ0n) is 16.0. The van der Waals surface area contributed by atoms with Gasteiger partial charge in [0.15, 0.2) is 6.61 Å². The van der Waals surface area contributed by atoms with Crippen LogP contribution in [0.25, 0.3) is 0 Å². The molecule has 160 valence electrons. The summed E-state index contributed by atoms with van der Waals surface area (Å²) in [5, 5.41) is 8.56. The van der Waals surface area contributed by atoms with Gasteiger partial charge in [0.2, 0.25) is 5.76 Å². The largest absolute Gasteiger partial charge is 0.468 e. The minimum Gasteiger partial charge on any atom is -0.468 e. The summed E-state index contributed by atoms with van der Waals surface area (Å²) < 4.78 is 37.3. The van der Waals surface area contributed by atoms with Crippen LogP contribution in [0.4, 0.5) is 8.78 Å². The smallest absolute Gasteiger partial charge is 0.357 e. The van der Waals surface area contributed by atoms with Crippen LogP contribution < -0.4 is 21.1 Å². The molecule has 4 bridgehead atoms. The highest BCUT2D eigenvalue weighted by atomic mass is 19.3. The lowest BCUT2D eigenvalue weighted by Gasteiger charge is -2.54. The third-order valence-corrected chi connectivity index (χ3v) is 6.40. The predicted octanol–water partition coefficient (Wildman–Crippen LogP) is 1.32. The number of halogens is 2. The SMILES string of the molecule is NCCNC(=O)C(F)(F)COc1cc(C(=O)NC2C3CC4CC(C3)CC2C4)on1. The third kappa shape index (κ3) is 4.22. The Morgan fingerprint density at radius 1 is 1.21 bits per heavy atom. The van der Waals surface area contributed by atoms with E-state index in [1.165, 1.54) is 12.5 Å². The zero-order chi connectivity index (χ0) is 20.6. The molecule has 1 aromatic rings. The molecular formula is C19H26F2N4O4. The van der Waals surface area contributed by atoms with Crippen LogP contribution in [0.5, 0.6) is 5.88 Å². The lowest BCUT2D eigenvalue weighted by Crippen LogP contribution is -2.55. The van der Waals surface area contributed by atoms with Gasteiger partial charge in [-0.2, -0.15) is 8.78 Å². The second-order valence-electron chi connectivity index (χ2n) is 8.50. The topological polar surface area (TPSA) is 119 Å². The van der Waals surface area contributed by atoms with Crippen LogP contribution in [0, 0.1) is 23.7 Å². The number of nitrogens with zero attached hydrogens (tertiary/aromatic N) is 1. The van der Waals surface area contributed by atoms with E-state index in [2.05, 4.69) is 10.5 Å². The molecule has 29 heavy (non-hydrogen) atoms. The van der Waals surface area contributed by atoms with Crippen LogP contribution in [0.1, 0.15) is 42.7 Å². The first-order chi connectivity index (χ1) is 13.9. The van der Waals surface area contributed by atoms with Crippen molar-refractivity contribution in [1.29, 1.82) is 0 Å². The Kier molecular flexibility index (Phi) is 5.46.